The third kappa shape index (κ3) is 5.34. The van der Waals surface area contributed by atoms with Crippen molar-refractivity contribution in [3.05, 3.63) is 52.8 Å². The molecule has 1 N–H and O–H groups in total. The van der Waals surface area contributed by atoms with E-state index < -0.39 is 23.8 Å². The van der Waals surface area contributed by atoms with Crippen LogP contribution in [0.15, 0.2) is 36.4 Å². The molecule has 144 valence electrons. The molecule has 0 bridgehead atoms. The maximum atomic E-state index is 12.9. The second-order valence-corrected chi connectivity index (χ2v) is 5.87. The van der Waals surface area contributed by atoms with Gasteiger partial charge in [0.25, 0.3) is 5.91 Å². The van der Waals surface area contributed by atoms with Crippen LogP contribution in [0.2, 0.25) is 5.02 Å². The molecule has 0 saturated carbocycles. The lowest BCUT2D eigenvalue weighted by atomic mass is 10.2. The molecule has 2 rings (SSSR count). The van der Waals surface area contributed by atoms with Crippen molar-refractivity contribution < 1.29 is 28.2 Å². The number of hydrogen-bond acceptors (Lipinski definition) is 5. The van der Waals surface area contributed by atoms with E-state index in [2.05, 4.69) is 5.32 Å². The van der Waals surface area contributed by atoms with Gasteiger partial charge in [-0.3, -0.25) is 4.79 Å². The van der Waals surface area contributed by atoms with Crippen molar-refractivity contribution >= 4 is 29.2 Å². The van der Waals surface area contributed by atoms with Gasteiger partial charge in [-0.05, 0) is 50.2 Å². The van der Waals surface area contributed by atoms with E-state index in [-0.39, 0.29) is 16.3 Å². The number of benzene rings is 2. The van der Waals surface area contributed by atoms with Crippen molar-refractivity contribution in [2.24, 2.45) is 0 Å². The predicted molar refractivity (Wildman–Crippen MR) is 99.1 cm³/mol. The van der Waals surface area contributed by atoms with Crippen molar-refractivity contribution in [2.75, 3.05) is 19.0 Å². The van der Waals surface area contributed by atoms with Crippen LogP contribution in [0, 0.1) is 5.82 Å². The Kier molecular flexibility index (Phi) is 7.01. The number of carbonyl (C=O) groups excluding carboxylic acids is 2. The summed E-state index contributed by atoms with van der Waals surface area (Å²) < 4.78 is 28.6. The first-order chi connectivity index (χ1) is 12.8. The van der Waals surface area contributed by atoms with Crippen LogP contribution in [-0.2, 0) is 9.53 Å². The fourth-order valence-electron chi connectivity index (χ4n) is 2.18. The zero-order chi connectivity index (χ0) is 20.0. The van der Waals surface area contributed by atoms with Gasteiger partial charge < -0.3 is 19.5 Å². The molecular weight excluding hydrogens is 377 g/mol. The first kappa shape index (κ1) is 20.5. The largest absolute Gasteiger partial charge is 0.493 e. The predicted octanol–water partition coefficient (Wildman–Crippen LogP) is 4.07. The fraction of sp³-hybridized carbons (Fsp3) is 0.263. The second kappa shape index (κ2) is 9.23. The van der Waals surface area contributed by atoms with Gasteiger partial charge >= 0.3 is 5.97 Å². The van der Waals surface area contributed by atoms with Crippen molar-refractivity contribution in [1.82, 2.24) is 0 Å². The average Bonchev–Trinajstić information content (AvgIpc) is 2.64. The molecule has 0 aliphatic heterocycles. The summed E-state index contributed by atoms with van der Waals surface area (Å²) in [5.74, 6) is -1.13. The average molecular weight is 396 g/mol. The van der Waals surface area contributed by atoms with E-state index in [4.69, 9.17) is 25.8 Å². The smallest absolute Gasteiger partial charge is 0.339 e. The maximum absolute atomic E-state index is 12.9. The SMILES string of the molecule is CCOc1c(Cl)cc(C(=O)O[C@H](C)C(=O)Nc2ccc(F)cc2)cc1OC. The van der Waals surface area contributed by atoms with Crippen LogP contribution in [0.3, 0.4) is 0 Å². The maximum Gasteiger partial charge on any atom is 0.339 e. The summed E-state index contributed by atoms with van der Waals surface area (Å²) in [7, 11) is 1.42. The summed E-state index contributed by atoms with van der Waals surface area (Å²) in [5.41, 5.74) is 0.497. The monoisotopic (exact) mass is 395 g/mol. The number of carbonyl (C=O) groups is 2. The standard InChI is InChI=1S/C19H19ClFNO5/c1-4-26-17-15(20)9-12(10-16(17)25-3)19(24)27-11(2)18(23)22-14-7-5-13(21)6-8-14/h5-11H,4H2,1-3H3,(H,22,23)/t11-/m1/s1. The quantitative estimate of drug-likeness (QED) is 0.715. The second-order valence-electron chi connectivity index (χ2n) is 5.47. The molecule has 0 spiro atoms. The molecule has 0 saturated heterocycles. The van der Waals surface area contributed by atoms with Gasteiger partial charge in [0.2, 0.25) is 0 Å². The number of esters is 1. The molecule has 8 heteroatoms. The van der Waals surface area contributed by atoms with Crippen molar-refractivity contribution in [2.45, 2.75) is 20.0 Å². The Balaban J connectivity index is 2.08. The fourth-order valence-corrected chi connectivity index (χ4v) is 2.45. The molecule has 0 radical (unpaired) electrons. The highest BCUT2D eigenvalue weighted by molar-refractivity contribution is 6.32. The van der Waals surface area contributed by atoms with Gasteiger partial charge in [0.05, 0.1) is 24.3 Å². The molecule has 0 aromatic heterocycles. The lowest BCUT2D eigenvalue weighted by Gasteiger charge is -2.15. The Morgan fingerprint density at radius 1 is 1.22 bits per heavy atom. The molecule has 1 amide bonds. The first-order valence-electron chi connectivity index (χ1n) is 8.13. The molecular formula is C19H19ClFNO5. The highest BCUT2D eigenvalue weighted by atomic mass is 35.5. The van der Waals surface area contributed by atoms with E-state index in [1.165, 1.54) is 50.4 Å². The van der Waals surface area contributed by atoms with E-state index in [1.54, 1.807) is 6.92 Å². The first-order valence-corrected chi connectivity index (χ1v) is 8.51. The van der Waals surface area contributed by atoms with Gasteiger partial charge in [0.15, 0.2) is 17.6 Å². The minimum absolute atomic E-state index is 0.113. The molecule has 0 unspecified atom stereocenters. The molecule has 0 fully saturated rings. The highest BCUT2D eigenvalue weighted by Crippen LogP contribution is 2.36. The van der Waals surface area contributed by atoms with Crippen LogP contribution < -0.4 is 14.8 Å². The van der Waals surface area contributed by atoms with Crippen molar-refractivity contribution in [3.63, 3.8) is 0 Å². The Labute approximate surface area is 161 Å². The summed E-state index contributed by atoms with van der Waals surface area (Å²) >= 11 is 6.13. The molecule has 2 aromatic rings. The summed E-state index contributed by atoms with van der Waals surface area (Å²) in [6.07, 6.45) is -1.08. The summed E-state index contributed by atoms with van der Waals surface area (Å²) in [4.78, 5) is 24.5. The van der Waals surface area contributed by atoms with E-state index in [1.807, 2.05) is 0 Å². The number of nitrogens with one attached hydrogen (secondary N) is 1. The molecule has 27 heavy (non-hydrogen) atoms. The van der Waals surface area contributed by atoms with Crippen LogP contribution in [-0.4, -0.2) is 31.7 Å². The molecule has 0 aliphatic carbocycles. The van der Waals surface area contributed by atoms with E-state index in [9.17, 15) is 14.0 Å². The zero-order valence-electron chi connectivity index (χ0n) is 15.0. The Hall–Kier alpha value is -2.80. The number of hydrogen-bond donors (Lipinski definition) is 1. The molecule has 0 heterocycles. The number of methoxy groups -OCH3 is 1. The summed E-state index contributed by atoms with van der Waals surface area (Å²) in [5, 5.41) is 2.72. The topological polar surface area (TPSA) is 73.9 Å². The van der Waals surface area contributed by atoms with Gasteiger partial charge in [0.1, 0.15) is 5.82 Å². The number of anilines is 1. The normalized spacial score (nSPS) is 11.4. The van der Waals surface area contributed by atoms with Crippen LogP contribution in [0.25, 0.3) is 0 Å². The van der Waals surface area contributed by atoms with Crippen molar-refractivity contribution in [1.29, 1.82) is 0 Å². The van der Waals surface area contributed by atoms with Gasteiger partial charge in [-0.1, -0.05) is 11.6 Å². The lowest BCUT2D eigenvalue weighted by Crippen LogP contribution is -2.30. The van der Waals surface area contributed by atoms with Crippen LogP contribution in [0.1, 0.15) is 24.2 Å². The van der Waals surface area contributed by atoms with Gasteiger partial charge in [-0.25, -0.2) is 9.18 Å². The Morgan fingerprint density at radius 2 is 1.89 bits per heavy atom. The lowest BCUT2D eigenvalue weighted by molar-refractivity contribution is -0.123. The third-order valence-corrected chi connectivity index (χ3v) is 3.80. The van der Waals surface area contributed by atoms with Gasteiger partial charge in [0, 0.05) is 5.69 Å². The summed E-state index contributed by atoms with van der Waals surface area (Å²) in [6, 6.07) is 8.02. The molecule has 6 nitrogen and oxygen atoms in total. The van der Waals surface area contributed by atoms with E-state index in [0.29, 0.717) is 18.0 Å². The minimum Gasteiger partial charge on any atom is -0.493 e. The van der Waals surface area contributed by atoms with Crippen LogP contribution in [0.4, 0.5) is 10.1 Å². The number of ether oxygens (including phenoxy) is 3. The highest BCUT2D eigenvalue weighted by Gasteiger charge is 2.22. The number of halogens is 2. The Morgan fingerprint density at radius 3 is 2.48 bits per heavy atom. The number of amides is 1. The zero-order valence-corrected chi connectivity index (χ0v) is 15.8. The van der Waals surface area contributed by atoms with Crippen LogP contribution >= 0.6 is 11.6 Å². The number of rotatable bonds is 7. The van der Waals surface area contributed by atoms with Crippen LogP contribution in [0.5, 0.6) is 11.5 Å². The van der Waals surface area contributed by atoms with E-state index in [0.717, 1.165) is 0 Å². The molecule has 1 atom stereocenters. The molecule has 2 aromatic carbocycles. The summed E-state index contributed by atoms with van der Waals surface area (Å²) in [6.45, 7) is 3.59. The van der Waals surface area contributed by atoms with Gasteiger partial charge in [-0.2, -0.15) is 0 Å². The minimum atomic E-state index is -1.08. The van der Waals surface area contributed by atoms with Crippen molar-refractivity contribution in [3.8, 4) is 11.5 Å². The Bertz CT molecular complexity index is 826. The molecule has 0 aliphatic rings. The van der Waals surface area contributed by atoms with E-state index >= 15 is 0 Å². The third-order valence-electron chi connectivity index (χ3n) is 3.52. The van der Waals surface area contributed by atoms with Gasteiger partial charge in [-0.15, -0.1) is 0 Å².